The molecule has 0 aliphatic carbocycles. The molecule has 0 bridgehead atoms. The zero-order valence-electron chi connectivity index (χ0n) is 21.4. The van der Waals surface area contributed by atoms with Crippen LogP contribution >= 0.6 is 0 Å². The van der Waals surface area contributed by atoms with Crippen LogP contribution in [0.25, 0.3) is 0 Å². The van der Waals surface area contributed by atoms with Gasteiger partial charge in [-0.2, -0.15) is 0 Å². The van der Waals surface area contributed by atoms with E-state index >= 15 is 0 Å². The van der Waals surface area contributed by atoms with Crippen LogP contribution < -0.4 is 0 Å². The molecule has 1 unspecified atom stereocenters. The summed E-state index contributed by atoms with van der Waals surface area (Å²) in [5.74, 6) is 0. The molecule has 0 heterocycles. The van der Waals surface area contributed by atoms with Gasteiger partial charge in [-0.15, -0.1) is 0 Å². The van der Waals surface area contributed by atoms with Gasteiger partial charge < -0.3 is 9.90 Å². The summed E-state index contributed by atoms with van der Waals surface area (Å²) >= 11 is 0. The number of rotatable bonds is 27. The highest BCUT2D eigenvalue weighted by atomic mass is 16.3. The number of aliphatic hydroxyl groups excluding tert-OH is 1. The van der Waals surface area contributed by atoms with Crippen molar-refractivity contribution < 1.29 is 9.90 Å². The number of hydrogen-bond acceptors (Lipinski definition) is 2. The fourth-order valence-electron chi connectivity index (χ4n) is 4.56. The molecule has 0 aliphatic rings. The van der Waals surface area contributed by atoms with E-state index in [2.05, 4.69) is 6.92 Å². The molecule has 0 spiro atoms. The zero-order valence-corrected chi connectivity index (χ0v) is 21.4. The molecule has 0 aliphatic heterocycles. The quantitative estimate of drug-likeness (QED) is 0.102. The smallest absolute Gasteiger partial charge is 0.119 e. The molecule has 31 heavy (non-hydrogen) atoms. The van der Waals surface area contributed by atoms with Crippen molar-refractivity contribution in [3.63, 3.8) is 0 Å². The van der Waals surface area contributed by atoms with Crippen LogP contribution in [-0.4, -0.2) is 17.5 Å². The predicted molar refractivity (Wildman–Crippen MR) is 138 cm³/mol. The van der Waals surface area contributed by atoms with Crippen LogP contribution in [0.5, 0.6) is 0 Å². The Morgan fingerprint density at radius 2 is 0.774 bits per heavy atom. The lowest BCUT2D eigenvalue weighted by atomic mass is 10.0. The second-order valence-corrected chi connectivity index (χ2v) is 9.96. The fraction of sp³-hybridized carbons (Fsp3) is 0.966. The average molecular weight is 439 g/mol. The van der Waals surface area contributed by atoms with E-state index in [0.717, 1.165) is 38.4 Å². The van der Waals surface area contributed by atoms with Gasteiger partial charge in [0.05, 0.1) is 6.10 Å². The Labute approximate surface area is 196 Å². The minimum atomic E-state index is -0.0774. The van der Waals surface area contributed by atoms with E-state index in [1.54, 1.807) is 0 Å². The Hall–Kier alpha value is -0.370. The molecule has 0 saturated heterocycles. The van der Waals surface area contributed by atoms with Gasteiger partial charge in [0.25, 0.3) is 0 Å². The number of carbonyl (C=O) groups is 1. The van der Waals surface area contributed by atoms with Crippen LogP contribution in [-0.2, 0) is 4.79 Å². The Morgan fingerprint density at radius 3 is 1.10 bits per heavy atom. The van der Waals surface area contributed by atoms with Crippen molar-refractivity contribution in [2.24, 2.45) is 0 Å². The summed E-state index contributed by atoms with van der Waals surface area (Å²) in [4.78, 5) is 10.2. The summed E-state index contributed by atoms with van der Waals surface area (Å²) in [5, 5.41) is 10.1. The van der Waals surface area contributed by atoms with E-state index in [9.17, 15) is 9.90 Å². The number of aliphatic hydroxyl groups is 1. The Kier molecular flexibility index (Phi) is 27.3. The maximum atomic E-state index is 10.2. The molecule has 1 N–H and O–H groups in total. The SMILES string of the molecule is CCCCCCCCCCCCCCCCCCCC(O)CCCCCCCCC=O. The van der Waals surface area contributed by atoms with E-state index in [4.69, 9.17) is 0 Å². The van der Waals surface area contributed by atoms with Crippen LogP contribution in [0.3, 0.4) is 0 Å². The molecule has 0 rings (SSSR count). The van der Waals surface area contributed by atoms with Gasteiger partial charge in [0.15, 0.2) is 0 Å². The van der Waals surface area contributed by atoms with Gasteiger partial charge in [0.2, 0.25) is 0 Å². The molecule has 1 atom stereocenters. The normalized spacial score (nSPS) is 12.3. The average Bonchev–Trinajstić information content (AvgIpc) is 2.77. The summed E-state index contributed by atoms with van der Waals surface area (Å²) in [5.41, 5.74) is 0. The summed E-state index contributed by atoms with van der Waals surface area (Å²) in [7, 11) is 0. The van der Waals surface area contributed by atoms with Crippen molar-refractivity contribution in [1.82, 2.24) is 0 Å². The van der Waals surface area contributed by atoms with Gasteiger partial charge in [0.1, 0.15) is 6.29 Å². The van der Waals surface area contributed by atoms with Crippen LogP contribution in [0.2, 0.25) is 0 Å². The lowest BCUT2D eigenvalue weighted by molar-refractivity contribution is -0.107. The largest absolute Gasteiger partial charge is 0.393 e. The van der Waals surface area contributed by atoms with Gasteiger partial charge in [-0.1, -0.05) is 148 Å². The second-order valence-electron chi connectivity index (χ2n) is 9.96. The minimum Gasteiger partial charge on any atom is -0.393 e. The molecule has 0 radical (unpaired) electrons. The van der Waals surface area contributed by atoms with Crippen molar-refractivity contribution in [3.05, 3.63) is 0 Å². The third-order valence-electron chi connectivity index (χ3n) is 6.75. The standard InChI is InChI=1S/C29H58O2/c1-2-3-4-5-6-7-8-9-10-11-12-13-14-15-17-20-23-26-29(31)27-24-21-18-16-19-22-25-28-30/h28-29,31H,2-27H2,1H3. The lowest BCUT2D eigenvalue weighted by Gasteiger charge is -2.10. The van der Waals surface area contributed by atoms with Crippen LogP contribution in [0.1, 0.15) is 174 Å². The Morgan fingerprint density at radius 1 is 0.484 bits per heavy atom. The highest BCUT2D eigenvalue weighted by Crippen LogP contribution is 2.16. The molecule has 2 nitrogen and oxygen atoms in total. The van der Waals surface area contributed by atoms with E-state index in [1.807, 2.05) is 0 Å². The van der Waals surface area contributed by atoms with Crippen molar-refractivity contribution in [3.8, 4) is 0 Å². The van der Waals surface area contributed by atoms with Gasteiger partial charge in [-0.3, -0.25) is 0 Å². The van der Waals surface area contributed by atoms with Crippen LogP contribution in [0, 0.1) is 0 Å². The maximum absolute atomic E-state index is 10.2. The highest BCUT2D eigenvalue weighted by molar-refractivity contribution is 5.48. The molecular weight excluding hydrogens is 380 g/mol. The first-order valence-corrected chi connectivity index (χ1v) is 14.4. The van der Waals surface area contributed by atoms with Crippen molar-refractivity contribution in [2.45, 2.75) is 180 Å². The molecule has 2 heteroatoms. The topological polar surface area (TPSA) is 37.3 Å². The summed E-state index contributed by atoms with van der Waals surface area (Å²) in [6.45, 7) is 2.29. The number of carbonyl (C=O) groups excluding carboxylic acids is 1. The number of unbranched alkanes of at least 4 members (excludes halogenated alkanes) is 22. The molecule has 0 aromatic carbocycles. The molecule has 0 saturated carbocycles. The van der Waals surface area contributed by atoms with Crippen LogP contribution in [0.4, 0.5) is 0 Å². The first kappa shape index (κ1) is 30.6. The summed E-state index contributed by atoms with van der Waals surface area (Å²) in [6.07, 6.45) is 34.7. The first-order valence-electron chi connectivity index (χ1n) is 14.4. The van der Waals surface area contributed by atoms with Gasteiger partial charge in [0, 0.05) is 6.42 Å². The minimum absolute atomic E-state index is 0.0774. The van der Waals surface area contributed by atoms with Crippen molar-refractivity contribution in [2.75, 3.05) is 0 Å². The van der Waals surface area contributed by atoms with Crippen LogP contribution in [0.15, 0.2) is 0 Å². The Bertz CT molecular complexity index is 329. The third-order valence-corrected chi connectivity index (χ3v) is 6.75. The molecule has 0 aromatic rings. The second kappa shape index (κ2) is 27.7. The fourth-order valence-corrected chi connectivity index (χ4v) is 4.56. The first-order chi connectivity index (χ1) is 15.3. The molecular formula is C29H58O2. The molecule has 0 aromatic heterocycles. The lowest BCUT2D eigenvalue weighted by Crippen LogP contribution is -2.05. The number of hydrogen-bond donors (Lipinski definition) is 1. The van der Waals surface area contributed by atoms with E-state index in [1.165, 1.54) is 135 Å². The maximum Gasteiger partial charge on any atom is 0.119 e. The monoisotopic (exact) mass is 438 g/mol. The van der Waals surface area contributed by atoms with E-state index in [-0.39, 0.29) is 6.10 Å². The summed E-state index contributed by atoms with van der Waals surface area (Å²) < 4.78 is 0. The highest BCUT2D eigenvalue weighted by Gasteiger charge is 2.03. The number of aldehydes is 1. The van der Waals surface area contributed by atoms with Gasteiger partial charge >= 0.3 is 0 Å². The predicted octanol–water partition coefficient (Wildman–Crippen LogP) is 9.71. The van der Waals surface area contributed by atoms with Gasteiger partial charge in [-0.25, -0.2) is 0 Å². The van der Waals surface area contributed by atoms with Crippen molar-refractivity contribution >= 4 is 6.29 Å². The van der Waals surface area contributed by atoms with Gasteiger partial charge in [-0.05, 0) is 19.3 Å². The van der Waals surface area contributed by atoms with Crippen molar-refractivity contribution in [1.29, 1.82) is 0 Å². The molecule has 186 valence electrons. The van der Waals surface area contributed by atoms with E-state index < -0.39 is 0 Å². The van der Waals surface area contributed by atoms with E-state index in [0.29, 0.717) is 0 Å². The third kappa shape index (κ3) is 27.6. The Balaban J connectivity index is 3.11. The molecule has 0 fully saturated rings. The summed E-state index contributed by atoms with van der Waals surface area (Å²) in [6, 6.07) is 0. The molecule has 0 amide bonds. The zero-order chi connectivity index (χ0) is 22.7.